The molecule has 2 aliphatic rings. The summed E-state index contributed by atoms with van der Waals surface area (Å²) in [5.41, 5.74) is 8.34. The zero-order chi connectivity index (χ0) is 19.6. The second kappa shape index (κ2) is 7.84. The molecule has 0 bridgehead atoms. The first kappa shape index (κ1) is 18.1. The van der Waals surface area contributed by atoms with E-state index in [0.717, 1.165) is 32.6 Å². The molecule has 0 radical (unpaired) electrons. The Morgan fingerprint density at radius 2 is 1.45 bits per heavy atom. The molecule has 1 N–H and O–H groups in total. The van der Waals surface area contributed by atoms with Gasteiger partial charge in [0.25, 0.3) is 0 Å². The molecule has 3 nitrogen and oxygen atoms in total. The third-order valence-electron chi connectivity index (χ3n) is 6.38. The number of fused-ring (bicyclic) bond motifs is 3. The molecule has 3 heteroatoms. The van der Waals surface area contributed by atoms with Gasteiger partial charge in [0.05, 0.1) is 32.4 Å². The van der Waals surface area contributed by atoms with Crippen LogP contribution in [0.4, 0.5) is 0 Å². The van der Waals surface area contributed by atoms with Gasteiger partial charge >= 0.3 is 0 Å². The molecule has 0 unspecified atom stereocenters. The Labute approximate surface area is 173 Å². The molecule has 1 aliphatic heterocycles. The lowest BCUT2D eigenvalue weighted by Crippen LogP contribution is -3.14. The van der Waals surface area contributed by atoms with Gasteiger partial charge in [0.1, 0.15) is 6.04 Å². The number of nitrogens with zero attached hydrogens (tertiary/aromatic N) is 2. The van der Waals surface area contributed by atoms with E-state index in [1.807, 2.05) is 6.21 Å². The molecule has 146 valence electrons. The number of rotatable bonds is 4. The lowest BCUT2D eigenvalue weighted by Gasteiger charge is -2.34. The standard InChI is InChI=1S/C26H27N3/c1-2-20-11-13-21(14-12-20)19-27-29-17-15-28(16-18-29)26-24-9-5-3-7-22(24)23-8-4-6-10-25(23)26/h3-14,19,26H,2,15-18H2,1H3/p+1/b27-19-. The van der Waals surface area contributed by atoms with E-state index in [1.165, 1.54) is 33.4 Å². The minimum Gasteiger partial charge on any atom is -0.322 e. The molecule has 1 fully saturated rings. The van der Waals surface area contributed by atoms with Crippen molar-refractivity contribution >= 4 is 6.21 Å². The van der Waals surface area contributed by atoms with Crippen molar-refractivity contribution in [1.29, 1.82) is 0 Å². The normalized spacial score (nSPS) is 16.9. The van der Waals surface area contributed by atoms with E-state index in [9.17, 15) is 0 Å². The Balaban J connectivity index is 1.29. The van der Waals surface area contributed by atoms with Crippen molar-refractivity contribution in [2.24, 2.45) is 5.10 Å². The zero-order valence-corrected chi connectivity index (χ0v) is 17.0. The molecule has 0 atom stereocenters. The van der Waals surface area contributed by atoms with Crippen LogP contribution in [0.1, 0.15) is 35.2 Å². The summed E-state index contributed by atoms with van der Waals surface area (Å²) >= 11 is 0. The van der Waals surface area contributed by atoms with Crippen molar-refractivity contribution in [1.82, 2.24) is 5.01 Å². The second-order valence-electron chi connectivity index (χ2n) is 8.06. The van der Waals surface area contributed by atoms with Crippen LogP contribution in [0.5, 0.6) is 0 Å². The molecule has 3 aromatic rings. The van der Waals surface area contributed by atoms with Gasteiger partial charge in [0.2, 0.25) is 0 Å². The highest BCUT2D eigenvalue weighted by molar-refractivity contribution is 5.79. The quantitative estimate of drug-likeness (QED) is 0.684. The number of hydrogen-bond donors (Lipinski definition) is 1. The van der Waals surface area contributed by atoms with Crippen LogP contribution in [0, 0.1) is 0 Å². The van der Waals surface area contributed by atoms with Gasteiger partial charge in [0.15, 0.2) is 0 Å². The predicted molar refractivity (Wildman–Crippen MR) is 119 cm³/mol. The van der Waals surface area contributed by atoms with E-state index < -0.39 is 0 Å². The summed E-state index contributed by atoms with van der Waals surface area (Å²) in [6, 6.07) is 27.0. The average Bonchev–Trinajstić information content (AvgIpc) is 3.13. The van der Waals surface area contributed by atoms with E-state index in [0.29, 0.717) is 6.04 Å². The highest BCUT2D eigenvalue weighted by Gasteiger charge is 2.37. The first-order valence-corrected chi connectivity index (χ1v) is 10.7. The fourth-order valence-corrected chi connectivity index (χ4v) is 4.77. The molecule has 0 amide bonds. The first-order valence-electron chi connectivity index (χ1n) is 10.7. The number of nitrogens with one attached hydrogen (secondary N) is 1. The van der Waals surface area contributed by atoms with Crippen LogP contribution in [0.25, 0.3) is 11.1 Å². The van der Waals surface area contributed by atoms with E-state index >= 15 is 0 Å². The Hall–Kier alpha value is -2.91. The summed E-state index contributed by atoms with van der Waals surface area (Å²) in [5.74, 6) is 0. The van der Waals surface area contributed by atoms with Gasteiger partial charge in [0, 0.05) is 11.1 Å². The highest BCUT2D eigenvalue weighted by Crippen LogP contribution is 2.41. The van der Waals surface area contributed by atoms with Crippen molar-refractivity contribution in [2.45, 2.75) is 19.4 Å². The summed E-state index contributed by atoms with van der Waals surface area (Å²) in [7, 11) is 0. The third-order valence-corrected chi connectivity index (χ3v) is 6.38. The minimum atomic E-state index is 0.454. The van der Waals surface area contributed by atoms with E-state index in [-0.39, 0.29) is 0 Å². The monoisotopic (exact) mass is 382 g/mol. The van der Waals surface area contributed by atoms with Gasteiger partial charge in [-0.3, -0.25) is 5.01 Å². The van der Waals surface area contributed by atoms with E-state index in [1.54, 1.807) is 4.90 Å². The molecule has 1 heterocycles. The fraction of sp³-hybridized carbons (Fsp3) is 0.269. The van der Waals surface area contributed by atoms with Crippen LogP contribution in [0.2, 0.25) is 0 Å². The van der Waals surface area contributed by atoms with Crippen LogP contribution in [0.3, 0.4) is 0 Å². The third kappa shape index (κ3) is 3.47. The van der Waals surface area contributed by atoms with Gasteiger partial charge < -0.3 is 4.90 Å². The number of hydrazone groups is 1. The van der Waals surface area contributed by atoms with Crippen LogP contribution >= 0.6 is 0 Å². The van der Waals surface area contributed by atoms with Crippen molar-refractivity contribution in [3.05, 3.63) is 95.1 Å². The van der Waals surface area contributed by atoms with Gasteiger partial charge in [-0.05, 0) is 28.7 Å². The van der Waals surface area contributed by atoms with Gasteiger partial charge in [-0.1, -0.05) is 79.7 Å². The molecular formula is C26H28N3+. The van der Waals surface area contributed by atoms with Crippen LogP contribution in [-0.4, -0.2) is 37.4 Å². The Morgan fingerprint density at radius 3 is 2.03 bits per heavy atom. The van der Waals surface area contributed by atoms with Crippen LogP contribution in [-0.2, 0) is 6.42 Å². The topological polar surface area (TPSA) is 20.0 Å². The van der Waals surface area contributed by atoms with Crippen molar-refractivity contribution < 1.29 is 4.90 Å². The minimum absolute atomic E-state index is 0.454. The van der Waals surface area contributed by atoms with Gasteiger partial charge in [-0.25, -0.2) is 0 Å². The molecule has 1 aliphatic carbocycles. The molecular weight excluding hydrogens is 354 g/mol. The van der Waals surface area contributed by atoms with E-state index in [4.69, 9.17) is 5.10 Å². The summed E-state index contributed by atoms with van der Waals surface area (Å²) in [6.07, 6.45) is 3.08. The summed E-state index contributed by atoms with van der Waals surface area (Å²) in [4.78, 5) is 1.65. The zero-order valence-electron chi connectivity index (χ0n) is 17.0. The number of aryl methyl sites for hydroxylation is 1. The number of benzene rings is 3. The molecule has 5 rings (SSSR count). The summed E-state index contributed by atoms with van der Waals surface area (Å²) in [6.45, 7) is 6.41. The lowest BCUT2D eigenvalue weighted by atomic mass is 10.0. The second-order valence-corrected chi connectivity index (χ2v) is 8.06. The van der Waals surface area contributed by atoms with E-state index in [2.05, 4.69) is 84.7 Å². The summed E-state index contributed by atoms with van der Waals surface area (Å²) in [5, 5.41) is 6.98. The SMILES string of the molecule is CCc1ccc(/C=N\N2CC[NH+](C3c4ccccc4-c4ccccc43)CC2)cc1. The molecule has 1 saturated heterocycles. The maximum atomic E-state index is 4.75. The van der Waals surface area contributed by atoms with Crippen LogP contribution < -0.4 is 4.90 Å². The maximum absolute atomic E-state index is 4.75. The van der Waals surface area contributed by atoms with Crippen LogP contribution in [0.15, 0.2) is 77.9 Å². The maximum Gasteiger partial charge on any atom is 0.140 e. The molecule has 29 heavy (non-hydrogen) atoms. The fourth-order valence-electron chi connectivity index (χ4n) is 4.77. The van der Waals surface area contributed by atoms with Crippen molar-refractivity contribution in [3.8, 4) is 11.1 Å². The number of hydrogen-bond acceptors (Lipinski definition) is 2. The molecule has 0 saturated carbocycles. The molecule has 0 aromatic heterocycles. The highest BCUT2D eigenvalue weighted by atomic mass is 15.5. The number of piperazine rings is 1. The van der Waals surface area contributed by atoms with Crippen molar-refractivity contribution in [2.75, 3.05) is 26.2 Å². The molecule has 0 spiro atoms. The largest absolute Gasteiger partial charge is 0.322 e. The average molecular weight is 383 g/mol. The lowest BCUT2D eigenvalue weighted by molar-refractivity contribution is -0.929. The number of quaternary nitrogens is 1. The Bertz CT molecular complexity index is 969. The van der Waals surface area contributed by atoms with Gasteiger partial charge in [-0.2, -0.15) is 5.10 Å². The Kier molecular flexibility index (Phi) is 4.91. The first-order chi connectivity index (χ1) is 14.3. The predicted octanol–water partition coefficient (Wildman–Crippen LogP) is 3.55. The smallest absolute Gasteiger partial charge is 0.140 e. The molecule has 3 aromatic carbocycles. The summed E-state index contributed by atoms with van der Waals surface area (Å²) < 4.78 is 0. The van der Waals surface area contributed by atoms with Crippen molar-refractivity contribution in [3.63, 3.8) is 0 Å². The van der Waals surface area contributed by atoms with Gasteiger partial charge in [-0.15, -0.1) is 0 Å². The Morgan fingerprint density at radius 1 is 0.862 bits per heavy atom.